The molecule has 8 heteroatoms. The Morgan fingerprint density at radius 1 is 1.05 bits per heavy atom. The summed E-state index contributed by atoms with van der Waals surface area (Å²) in [5.74, 6) is -3.60. The van der Waals surface area contributed by atoms with Gasteiger partial charge in [0.2, 0.25) is 0 Å². The smallest absolute Gasteiger partial charge is 0.309 e. The molecule has 2 rings (SSSR count). The number of hydrogen-bond acceptors (Lipinski definition) is 5. The number of aliphatic hydroxyl groups is 2. The molecule has 0 heterocycles. The zero-order chi connectivity index (χ0) is 14.4. The molecule has 0 radical (unpaired) electrons. The van der Waals surface area contributed by atoms with E-state index in [1.54, 1.807) is 0 Å². The van der Waals surface area contributed by atoms with Crippen LogP contribution in [0.4, 0.5) is 0 Å². The summed E-state index contributed by atoms with van der Waals surface area (Å²) in [4.78, 5) is 11.1. The van der Waals surface area contributed by atoms with Gasteiger partial charge in [0.15, 0.2) is 0 Å². The van der Waals surface area contributed by atoms with Gasteiger partial charge in [-0.25, -0.2) is 0 Å². The van der Waals surface area contributed by atoms with Gasteiger partial charge in [-0.05, 0) is 37.5 Å². The summed E-state index contributed by atoms with van der Waals surface area (Å²) < 4.78 is 32.1. The lowest BCUT2D eigenvalue weighted by atomic mass is 9.65. The average molecular weight is 294 g/mol. The largest absolute Gasteiger partial charge is 0.481 e. The monoisotopic (exact) mass is 294 g/mol. The van der Waals surface area contributed by atoms with Crippen molar-refractivity contribution in [3.8, 4) is 0 Å². The Kier molecular flexibility index (Phi) is 3.87. The SMILES string of the molecule is O=C(O)C1CC(S(=O)(=O)O)C2CCC(O)CC2C1O. The van der Waals surface area contributed by atoms with E-state index in [0.29, 0.717) is 12.8 Å². The van der Waals surface area contributed by atoms with Crippen LogP contribution in [-0.4, -0.2) is 51.7 Å². The Hall–Kier alpha value is -0.700. The quantitative estimate of drug-likeness (QED) is 0.504. The van der Waals surface area contributed by atoms with Gasteiger partial charge in [-0.2, -0.15) is 8.42 Å². The maximum Gasteiger partial charge on any atom is 0.309 e. The van der Waals surface area contributed by atoms with Gasteiger partial charge >= 0.3 is 5.97 Å². The van der Waals surface area contributed by atoms with E-state index in [2.05, 4.69) is 0 Å². The van der Waals surface area contributed by atoms with Gasteiger partial charge in [0, 0.05) is 0 Å². The van der Waals surface area contributed by atoms with Crippen molar-refractivity contribution in [1.82, 2.24) is 0 Å². The average Bonchev–Trinajstić information content (AvgIpc) is 2.28. The summed E-state index contributed by atoms with van der Waals surface area (Å²) in [7, 11) is -4.36. The van der Waals surface area contributed by atoms with E-state index < -0.39 is 51.3 Å². The van der Waals surface area contributed by atoms with E-state index in [-0.39, 0.29) is 12.8 Å². The first-order valence-electron chi connectivity index (χ1n) is 6.27. The van der Waals surface area contributed by atoms with Gasteiger partial charge in [0.25, 0.3) is 10.1 Å². The second-order valence-corrected chi connectivity index (χ2v) is 7.15. The fourth-order valence-electron chi connectivity index (χ4n) is 3.51. The molecule has 0 aromatic carbocycles. The molecule has 0 aromatic heterocycles. The first-order chi connectivity index (χ1) is 8.71. The maximum atomic E-state index is 11.4. The normalized spacial score (nSPS) is 43.5. The molecule has 0 aliphatic heterocycles. The molecule has 110 valence electrons. The Labute approximate surface area is 111 Å². The molecule has 0 saturated heterocycles. The minimum atomic E-state index is -4.36. The van der Waals surface area contributed by atoms with Gasteiger partial charge in [0.1, 0.15) is 0 Å². The Morgan fingerprint density at radius 3 is 2.21 bits per heavy atom. The van der Waals surface area contributed by atoms with Crippen LogP contribution in [0.25, 0.3) is 0 Å². The van der Waals surface area contributed by atoms with Crippen LogP contribution in [0.15, 0.2) is 0 Å². The highest BCUT2D eigenvalue weighted by Crippen LogP contribution is 2.45. The number of carboxylic acids is 1. The Bertz CT molecular complexity index is 460. The molecule has 6 atom stereocenters. The van der Waals surface area contributed by atoms with Crippen LogP contribution in [0, 0.1) is 17.8 Å². The molecule has 2 aliphatic carbocycles. The molecular formula is C11H18O7S. The van der Waals surface area contributed by atoms with Crippen LogP contribution >= 0.6 is 0 Å². The molecule has 2 saturated carbocycles. The van der Waals surface area contributed by atoms with E-state index in [0.717, 1.165) is 0 Å². The van der Waals surface area contributed by atoms with Gasteiger partial charge in [0.05, 0.1) is 23.4 Å². The number of aliphatic carboxylic acids is 1. The van der Waals surface area contributed by atoms with Crippen molar-refractivity contribution in [2.75, 3.05) is 0 Å². The highest BCUT2D eigenvalue weighted by atomic mass is 32.2. The third kappa shape index (κ3) is 2.76. The van der Waals surface area contributed by atoms with Gasteiger partial charge in [-0.1, -0.05) is 0 Å². The molecule has 0 aromatic rings. The van der Waals surface area contributed by atoms with Gasteiger partial charge in [-0.3, -0.25) is 9.35 Å². The van der Waals surface area contributed by atoms with Crippen LogP contribution in [0.2, 0.25) is 0 Å². The summed E-state index contributed by atoms with van der Waals surface area (Å²) in [6, 6.07) is 0. The summed E-state index contributed by atoms with van der Waals surface area (Å²) in [6.45, 7) is 0. The first-order valence-corrected chi connectivity index (χ1v) is 7.77. The summed E-state index contributed by atoms with van der Waals surface area (Å²) >= 11 is 0. The first kappa shape index (κ1) is 14.7. The third-order valence-electron chi connectivity index (χ3n) is 4.44. The van der Waals surface area contributed by atoms with E-state index in [4.69, 9.17) is 5.11 Å². The van der Waals surface area contributed by atoms with Crippen LogP contribution in [0.3, 0.4) is 0 Å². The summed E-state index contributed by atoms with van der Waals surface area (Å²) in [6.07, 6.45) is -1.20. The number of carbonyl (C=O) groups is 1. The van der Waals surface area contributed by atoms with Crippen LogP contribution in [0.5, 0.6) is 0 Å². The van der Waals surface area contributed by atoms with Gasteiger partial charge < -0.3 is 15.3 Å². The minimum absolute atomic E-state index is 0.168. The summed E-state index contributed by atoms with van der Waals surface area (Å²) in [5.41, 5.74) is 0. The molecule has 0 amide bonds. The summed E-state index contributed by atoms with van der Waals surface area (Å²) in [5, 5.41) is 27.6. The van der Waals surface area contributed by atoms with E-state index >= 15 is 0 Å². The predicted octanol–water partition coefficient (Wildman–Crippen LogP) is -0.515. The third-order valence-corrected chi connectivity index (χ3v) is 5.75. The molecule has 7 nitrogen and oxygen atoms in total. The number of carboxylic acid groups (broad SMARTS) is 1. The number of hydrogen-bond donors (Lipinski definition) is 4. The molecule has 2 fully saturated rings. The lowest BCUT2D eigenvalue weighted by molar-refractivity contribution is -0.153. The molecular weight excluding hydrogens is 276 g/mol. The van der Waals surface area contributed by atoms with Crippen molar-refractivity contribution in [1.29, 1.82) is 0 Å². The van der Waals surface area contributed by atoms with Crippen LogP contribution in [-0.2, 0) is 14.9 Å². The number of fused-ring (bicyclic) bond motifs is 1. The highest BCUT2D eigenvalue weighted by molar-refractivity contribution is 7.86. The van der Waals surface area contributed by atoms with Crippen LogP contribution < -0.4 is 0 Å². The zero-order valence-corrected chi connectivity index (χ0v) is 11.0. The maximum absolute atomic E-state index is 11.4. The fourth-order valence-corrected chi connectivity index (χ4v) is 4.74. The lowest BCUT2D eigenvalue weighted by Crippen LogP contribution is -2.53. The predicted molar refractivity (Wildman–Crippen MR) is 63.9 cm³/mol. The number of aliphatic hydroxyl groups excluding tert-OH is 2. The van der Waals surface area contributed by atoms with E-state index in [1.165, 1.54) is 0 Å². The minimum Gasteiger partial charge on any atom is -0.481 e. The van der Waals surface area contributed by atoms with Crippen molar-refractivity contribution >= 4 is 16.1 Å². The molecule has 19 heavy (non-hydrogen) atoms. The second kappa shape index (κ2) is 5.01. The second-order valence-electron chi connectivity index (χ2n) is 5.52. The standard InChI is InChI=1S/C11H18O7S/c12-5-1-2-6-7(3-5)10(13)8(11(14)15)4-9(6)19(16,17)18/h5-10,12-13H,1-4H2,(H,14,15)(H,16,17,18). The zero-order valence-electron chi connectivity index (χ0n) is 10.2. The fraction of sp³-hybridized carbons (Fsp3) is 0.909. The van der Waals surface area contributed by atoms with E-state index in [9.17, 15) is 28.0 Å². The lowest BCUT2D eigenvalue weighted by Gasteiger charge is -2.46. The molecule has 2 aliphatic rings. The van der Waals surface area contributed by atoms with Crippen molar-refractivity contribution in [3.05, 3.63) is 0 Å². The van der Waals surface area contributed by atoms with E-state index in [1.807, 2.05) is 0 Å². The topological polar surface area (TPSA) is 132 Å². The van der Waals surface area contributed by atoms with Gasteiger partial charge in [-0.15, -0.1) is 0 Å². The highest BCUT2D eigenvalue weighted by Gasteiger charge is 2.52. The van der Waals surface area contributed by atoms with Crippen molar-refractivity contribution in [2.45, 2.75) is 43.1 Å². The van der Waals surface area contributed by atoms with Crippen LogP contribution in [0.1, 0.15) is 25.7 Å². The Morgan fingerprint density at radius 2 is 1.68 bits per heavy atom. The number of rotatable bonds is 2. The molecule has 0 bridgehead atoms. The molecule has 6 unspecified atom stereocenters. The Balaban J connectivity index is 2.34. The van der Waals surface area contributed by atoms with Crippen molar-refractivity contribution in [2.24, 2.45) is 17.8 Å². The molecule has 4 N–H and O–H groups in total. The molecule has 0 spiro atoms. The van der Waals surface area contributed by atoms with Crippen molar-refractivity contribution in [3.63, 3.8) is 0 Å². The van der Waals surface area contributed by atoms with Crippen molar-refractivity contribution < 1.29 is 33.1 Å².